The van der Waals surface area contributed by atoms with Crippen LogP contribution in [0.2, 0.25) is 0 Å². The van der Waals surface area contributed by atoms with Crippen LogP contribution in [0.5, 0.6) is 0 Å². The highest BCUT2D eigenvalue weighted by Gasteiger charge is 2.49. The fourth-order valence-electron chi connectivity index (χ4n) is 3.86. The van der Waals surface area contributed by atoms with Crippen LogP contribution in [0.25, 0.3) is 0 Å². The number of rotatable bonds is 6. The summed E-state index contributed by atoms with van der Waals surface area (Å²) in [5.74, 6) is -0.520. The molecule has 1 aliphatic carbocycles. The van der Waals surface area contributed by atoms with Gasteiger partial charge in [-0.15, -0.1) is 0 Å². The Morgan fingerprint density at radius 1 is 1.23 bits per heavy atom. The molecule has 2 atom stereocenters. The van der Waals surface area contributed by atoms with Gasteiger partial charge >= 0.3 is 6.03 Å². The van der Waals surface area contributed by atoms with E-state index < -0.39 is 17.5 Å². The molecule has 152 valence electrons. The van der Waals surface area contributed by atoms with Crippen LogP contribution >= 0.6 is 0 Å². The van der Waals surface area contributed by atoms with Crippen LogP contribution in [0.3, 0.4) is 0 Å². The van der Waals surface area contributed by atoms with Crippen molar-refractivity contribution in [2.24, 2.45) is 5.92 Å². The van der Waals surface area contributed by atoms with Crippen molar-refractivity contribution in [2.75, 3.05) is 6.54 Å². The first-order valence-electron chi connectivity index (χ1n) is 9.91. The molecule has 7 heteroatoms. The first-order valence-corrected chi connectivity index (χ1v) is 9.91. The summed E-state index contributed by atoms with van der Waals surface area (Å²) in [6.45, 7) is 1.23. The van der Waals surface area contributed by atoms with E-state index in [1.165, 1.54) is 0 Å². The first kappa shape index (κ1) is 19.6. The largest absolute Gasteiger partial charge is 0.347 e. The van der Waals surface area contributed by atoms with Gasteiger partial charge in [-0.05, 0) is 48.9 Å². The minimum absolute atomic E-state index is 0.127. The molecule has 2 aromatic rings. The zero-order chi connectivity index (χ0) is 21.3. The second-order valence-electron chi connectivity index (χ2n) is 7.93. The van der Waals surface area contributed by atoms with E-state index in [2.05, 4.69) is 10.6 Å². The van der Waals surface area contributed by atoms with Gasteiger partial charge in [-0.3, -0.25) is 14.5 Å². The van der Waals surface area contributed by atoms with Crippen molar-refractivity contribution < 1.29 is 14.4 Å². The number of nitrogens with one attached hydrogen (secondary N) is 2. The monoisotopic (exact) mass is 402 g/mol. The van der Waals surface area contributed by atoms with Crippen LogP contribution < -0.4 is 10.6 Å². The predicted molar refractivity (Wildman–Crippen MR) is 109 cm³/mol. The Morgan fingerprint density at radius 3 is 2.63 bits per heavy atom. The standard InChI is InChI=1S/C23H22N4O3/c1-23(18-9-5-6-15(12-18)13-24)21(29)27(22(30)26-23)14-19(28)25-20(17-10-11-17)16-7-3-2-4-8-16/h2-9,12,17,20H,10-11,14H2,1H3,(H,25,28)(H,26,30). The van der Waals surface area contributed by atoms with Gasteiger partial charge in [-0.2, -0.15) is 5.26 Å². The van der Waals surface area contributed by atoms with Gasteiger partial charge in [-0.25, -0.2) is 4.79 Å². The topological polar surface area (TPSA) is 102 Å². The zero-order valence-electron chi connectivity index (χ0n) is 16.6. The lowest BCUT2D eigenvalue weighted by Gasteiger charge is -2.23. The number of amides is 4. The highest BCUT2D eigenvalue weighted by molar-refractivity contribution is 6.09. The third-order valence-corrected chi connectivity index (χ3v) is 5.71. The lowest BCUT2D eigenvalue weighted by atomic mass is 9.91. The zero-order valence-corrected chi connectivity index (χ0v) is 16.6. The van der Waals surface area contributed by atoms with Crippen LogP contribution in [0.15, 0.2) is 54.6 Å². The molecule has 0 radical (unpaired) electrons. The maximum atomic E-state index is 13.1. The van der Waals surface area contributed by atoms with Gasteiger partial charge in [0.25, 0.3) is 5.91 Å². The second-order valence-corrected chi connectivity index (χ2v) is 7.93. The van der Waals surface area contributed by atoms with Gasteiger partial charge in [0, 0.05) is 0 Å². The fraction of sp³-hybridized carbons (Fsp3) is 0.304. The van der Waals surface area contributed by atoms with Crippen molar-refractivity contribution in [2.45, 2.75) is 31.3 Å². The molecule has 1 heterocycles. The lowest BCUT2D eigenvalue weighted by molar-refractivity contribution is -0.135. The van der Waals surface area contributed by atoms with Crippen LogP contribution in [-0.4, -0.2) is 29.3 Å². The van der Waals surface area contributed by atoms with Crippen molar-refractivity contribution in [1.29, 1.82) is 5.26 Å². The number of hydrogen-bond acceptors (Lipinski definition) is 4. The van der Waals surface area contributed by atoms with Crippen LogP contribution in [-0.2, 0) is 15.1 Å². The normalized spacial score (nSPS) is 21.7. The van der Waals surface area contributed by atoms with Crippen molar-refractivity contribution in [3.8, 4) is 6.07 Å². The number of nitriles is 1. The summed E-state index contributed by atoms with van der Waals surface area (Å²) >= 11 is 0. The van der Waals surface area contributed by atoms with E-state index in [-0.39, 0.29) is 18.5 Å². The van der Waals surface area contributed by atoms with Gasteiger partial charge < -0.3 is 10.6 Å². The molecule has 1 saturated heterocycles. The number of urea groups is 1. The van der Waals surface area contributed by atoms with Gasteiger partial charge in [0.1, 0.15) is 12.1 Å². The molecular formula is C23H22N4O3. The molecule has 1 aliphatic heterocycles. The number of nitrogens with zero attached hydrogens (tertiary/aromatic N) is 2. The Morgan fingerprint density at radius 2 is 1.97 bits per heavy atom. The molecule has 0 bridgehead atoms. The number of carbonyl (C=O) groups excluding carboxylic acids is 3. The van der Waals surface area contributed by atoms with Crippen molar-refractivity contribution >= 4 is 17.8 Å². The first-order chi connectivity index (χ1) is 14.4. The fourth-order valence-corrected chi connectivity index (χ4v) is 3.86. The average molecular weight is 402 g/mol. The molecule has 2 aromatic carbocycles. The Bertz CT molecular complexity index is 1040. The molecule has 0 aromatic heterocycles. The molecule has 1 saturated carbocycles. The maximum absolute atomic E-state index is 13.1. The van der Waals surface area contributed by atoms with Crippen molar-refractivity contribution in [1.82, 2.24) is 15.5 Å². The Balaban J connectivity index is 1.49. The summed E-state index contributed by atoms with van der Waals surface area (Å²) in [6.07, 6.45) is 2.08. The molecule has 30 heavy (non-hydrogen) atoms. The number of imide groups is 1. The molecule has 2 N–H and O–H groups in total. The maximum Gasteiger partial charge on any atom is 0.325 e. The molecule has 2 unspecified atom stereocenters. The summed E-state index contributed by atoms with van der Waals surface area (Å²) in [5, 5.41) is 14.8. The molecule has 0 spiro atoms. The summed E-state index contributed by atoms with van der Waals surface area (Å²) in [5.41, 5.74) is 0.591. The van der Waals surface area contributed by atoms with Crippen LogP contribution in [0.4, 0.5) is 4.79 Å². The van der Waals surface area contributed by atoms with E-state index in [0.717, 1.165) is 23.3 Å². The second kappa shape index (κ2) is 7.64. The highest BCUT2D eigenvalue weighted by Crippen LogP contribution is 2.41. The molecule has 2 aliphatic rings. The summed E-state index contributed by atoms with van der Waals surface area (Å²) in [7, 11) is 0. The summed E-state index contributed by atoms with van der Waals surface area (Å²) < 4.78 is 0. The third kappa shape index (κ3) is 3.64. The number of benzene rings is 2. The lowest BCUT2D eigenvalue weighted by Crippen LogP contribution is -2.44. The quantitative estimate of drug-likeness (QED) is 0.725. The van der Waals surface area contributed by atoms with Gasteiger partial charge in [-0.1, -0.05) is 42.5 Å². The van der Waals surface area contributed by atoms with E-state index in [1.807, 2.05) is 36.4 Å². The SMILES string of the molecule is CC1(c2cccc(C#N)c2)NC(=O)N(CC(=O)NC(c2ccccc2)C2CC2)C1=O. The average Bonchev–Trinajstić information content (AvgIpc) is 3.58. The Hall–Kier alpha value is -3.66. The van der Waals surface area contributed by atoms with E-state index in [1.54, 1.807) is 31.2 Å². The van der Waals surface area contributed by atoms with Crippen LogP contribution in [0.1, 0.15) is 42.5 Å². The van der Waals surface area contributed by atoms with E-state index in [9.17, 15) is 14.4 Å². The van der Waals surface area contributed by atoms with E-state index >= 15 is 0 Å². The van der Waals surface area contributed by atoms with Crippen LogP contribution in [0, 0.1) is 17.2 Å². The van der Waals surface area contributed by atoms with Crippen molar-refractivity contribution in [3.63, 3.8) is 0 Å². The van der Waals surface area contributed by atoms with E-state index in [4.69, 9.17) is 5.26 Å². The smallest absolute Gasteiger partial charge is 0.325 e. The molecule has 7 nitrogen and oxygen atoms in total. The Labute approximate surface area is 174 Å². The summed E-state index contributed by atoms with van der Waals surface area (Å²) in [4.78, 5) is 39.2. The molecule has 2 fully saturated rings. The van der Waals surface area contributed by atoms with Crippen molar-refractivity contribution in [3.05, 3.63) is 71.3 Å². The Kier molecular flexibility index (Phi) is 5.00. The minimum Gasteiger partial charge on any atom is -0.347 e. The number of carbonyl (C=O) groups is 3. The highest BCUT2D eigenvalue weighted by atomic mass is 16.2. The molecule has 4 amide bonds. The number of hydrogen-bond donors (Lipinski definition) is 2. The van der Waals surface area contributed by atoms with Gasteiger partial charge in [0.05, 0.1) is 17.7 Å². The van der Waals surface area contributed by atoms with E-state index in [0.29, 0.717) is 17.0 Å². The third-order valence-electron chi connectivity index (χ3n) is 5.71. The van der Waals surface area contributed by atoms with Gasteiger partial charge in [0.15, 0.2) is 0 Å². The molecule has 4 rings (SSSR count). The summed E-state index contributed by atoms with van der Waals surface area (Å²) in [6, 6.07) is 17.5. The van der Waals surface area contributed by atoms with Gasteiger partial charge in [0.2, 0.25) is 5.91 Å². The minimum atomic E-state index is -1.32. The predicted octanol–water partition coefficient (Wildman–Crippen LogP) is 2.59. The molecular weight excluding hydrogens is 380 g/mol.